The molecular formula is C17H33N3O2. The highest BCUT2D eigenvalue weighted by atomic mass is 16.5. The molecule has 1 spiro atoms. The fourth-order valence-electron chi connectivity index (χ4n) is 4.11. The lowest BCUT2D eigenvalue weighted by Gasteiger charge is -2.51. The van der Waals surface area contributed by atoms with Crippen molar-refractivity contribution in [1.82, 2.24) is 9.80 Å². The van der Waals surface area contributed by atoms with Gasteiger partial charge >= 0.3 is 6.09 Å². The maximum Gasteiger partial charge on any atom is 0.409 e. The van der Waals surface area contributed by atoms with Gasteiger partial charge in [0, 0.05) is 37.8 Å². The second-order valence-corrected chi connectivity index (χ2v) is 7.49. The van der Waals surface area contributed by atoms with Crippen LogP contribution in [0.15, 0.2) is 0 Å². The number of likely N-dealkylation sites (tertiary alicyclic amines) is 1. The van der Waals surface area contributed by atoms with Gasteiger partial charge in [-0.3, -0.25) is 4.90 Å². The molecule has 0 aromatic heterocycles. The molecule has 2 N–H and O–H groups in total. The molecule has 1 aliphatic carbocycles. The van der Waals surface area contributed by atoms with Crippen molar-refractivity contribution < 1.29 is 9.53 Å². The quantitative estimate of drug-likeness (QED) is 0.818. The van der Waals surface area contributed by atoms with Crippen molar-refractivity contribution in [3.05, 3.63) is 0 Å². The number of nitrogens with zero attached hydrogens (tertiary/aromatic N) is 2. The minimum absolute atomic E-state index is 0.171. The molecular weight excluding hydrogens is 278 g/mol. The lowest BCUT2D eigenvalue weighted by atomic mass is 9.64. The van der Waals surface area contributed by atoms with E-state index < -0.39 is 0 Å². The third-order valence-corrected chi connectivity index (χ3v) is 5.62. The highest BCUT2D eigenvalue weighted by Crippen LogP contribution is 2.50. The van der Waals surface area contributed by atoms with Crippen molar-refractivity contribution in [2.24, 2.45) is 11.1 Å². The number of amides is 1. The third-order valence-electron chi connectivity index (χ3n) is 5.62. The zero-order valence-electron chi connectivity index (χ0n) is 14.7. The van der Waals surface area contributed by atoms with Gasteiger partial charge in [0.15, 0.2) is 0 Å². The molecule has 0 aromatic rings. The van der Waals surface area contributed by atoms with E-state index in [4.69, 9.17) is 10.5 Å². The second kappa shape index (κ2) is 7.18. The minimum Gasteiger partial charge on any atom is -0.453 e. The molecule has 0 bridgehead atoms. The van der Waals surface area contributed by atoms with Crippen LogP contribution in [0.5, 0.6) is 0 Å². The topological polar surface area (TPSA) is 58.8 Å². The van der Waals surface area contributed by atoms with Crippen LogP contribution in [0.25, 0.3) is 0 Å². The molecule has 5 heteroatoms. The normalized spacial score (nSPS) is 29.2. The van der Waals surface area contributed by atoms with Crippen LogP contribution in [-0.4, -0.2) is 60.8 Å². The Balaban J connectivity index is 1.84. The minimum atomic E-state index is -0.171. The number of ether oxygens (including phenoxy) is 1. The smallest absolute Gasteiger partial charge is 0.409 e. The fraction of sp³-hybridized carbons (Fsp3) is 0.941. The lowest BCUT2D eigenvalue weighted by molar-refractivity contribution is -0.00977. The van der Waals surface area contributed by atoms with Gasteiger partial charge in [0.2, 0.25) is 0 Å². The fourth-order valence-corrected chi connectivity index (χ4v) is 4.11. The molecule has 1 heterocycles. The van der Waals surface area contributed by atoms with Crippen molar-refractivity contribution in [2.75, 3.05) is 26.7 Å². The molecule has 2 fully saturated rings. The third kappa shape index (κ3) is 3.74. The molecule has 1 amide bonds. The van der Waals surface area contributed by atoms with Crippen molar-refractivity contribution in [3.63, 3.8) is 0 Å². The summed E-state index contributed by atoms with van der Waals surface area (Å²) >= 11 is 0. The average molecular weight is 311 g/mol. The van der Waals surface area contributed by atoms with Crippen LogP contribution in [0.2, 0.25) is 0 Å². The first-order valence-electron chi connectivity index (χ1n) is 8.75. The van der Waals surface area contributed by atoms with Gasteiger partial charge in [-0.2, -0.15) is 0 Å². The number of hydrogen-bond donors (Lipinski definition) is 1. The number of carbonyl (C=O) groups excluding carboxylic acids is 1. The Labute approximate surface area is 135 Å². The predicted octanol–water partition coefficient (Wildman–Crippen LogP) is 2.45. The molecule has 0 aromatic carbocycles. The Morgan fingerprint density at radius 3 is 2.68 bits per heavy atom. The van der Waals surface area contributed by atoms with Crippen LogP contribution in [-0.2, 0) is 4.74 Å². The number of carbonyl (C=O) groups is 1. The first-order chi connectivity index (χ1) is 10.4. The standard InChI is InChI=1S/C17H33N3O2/c1-5-14(18)6-8-20(13(2)3)15-10-17(11-15)7-9-19(12-17)16(21)22-4/h13-15H,5-12,18H2,1-4H3. The summed E-state index contributed by atoms with van der Waals surface area (Å²) in [5.74, 6) is 0. The van der Waals surface area contributed by atoms with Crippen LogP contribution in [0.4, 0.5) is 4.79 Å². The first kappa shape index (κ1) is 17.5. The SMILES string of the molecule is CCC(N)CCN(C(C)C)C1CC2(CCN(C(=O)OC)C2)C1. The van der Waals surface area contributed by atoms with Crippen LogP contribution in [0.1, 0.15) is 52.9 Å². The molecule has 1 saturated heterocycles. The van der Waals surface area contributed by atoms with Crippen molar-refractivity contribution in [3.8, 4) is 0 Å². The molecule has 1 atom stereocenters. The Hall–Kier alpha value is -0.810. The Kier molecular flexibility index (Phi) is 5.72. The molecule has 22 heavy (non-hydrogen) atoms. The van der Waals surface area contributed by atoms with Crippen molar-refractivity contribution in [2.45, 2.75) is 71.0 Å². The lowest BCUT2D eigenvalue weighted by Crippen LogP contribution is -2.55. The predicted molar refractivity (Wildman–Crippen MR) is 88.8 cm³/mol. The molecule has 5 nitrogen and oxygen atoms in total. The number of hydrogen-bond acceptors (Lipinski definition) is 4. The second-order valence-electron chi connectivity index (χ2n) is 7.49. The van der Waals surface area contributed by atoms with Gasteiger partial charge in [-0.25, -0.2) is 4.79 Å². The number of methoxy groups -OCH3 is 1. The molecule has 0 radical (unpaired) electrons. The highest BCUT2D eigenvalue weighted by Gasteiger charge is 2.51. The summed E-state index contributed by atoms with van der Waals surface area (Å²) in [5, 5.41) is 0. The highest BCUT2D eigenvalue weighted by molar-refractivity contribution is 5.67. The number of rotatable bonds is 6. The maximum atomic E-state index is 11.7. The molecule has 2 rings (SSSR count). The molecule has 1 unspecified atom stereocenters. The summed E-state index contributed by atoms with van der Waals surface area (Å²) in [6.07, 6.45) is 5.50. The molecule has 2 aliphatic rings. The van der Waals surface area contributed by atoms with Gasteiger partial charge in [0.05, 0.1) is 7.11 Å². The summed E-state index contributed by atoms with van der Waals surface area (Å²) in [6.45, 7) is 9.52. The Morgan fingerprint density at radius 1 is 1.45 bits per heavy atom. The molecule has 1 aliphatic heterocycles. The Morgan fingerprint density at radius 2 is 2.14 bits per heavy atom. The largest absolute Gasteiger partial charge is 0.453 e. The van der Waals surface area contributed by atoms with Crippen LogP contribution >= 0.6 is 0 Å². The zero-order chi connectivity index (χ0) is 16.3. The van der Waals surface area contributed by atoms with Gasteiger partial charge < -0.3 is 15.4 Å². The van der Waals surface area contributed by atoms with E-state index in [1.54, 1.807) is 0 Å². The van der Waals surface area contributed by atoms with Crippen LogP contribution in [0.3, 0.4) is 0 Å². The first-order valence-corrected chi connectivity index (χ1v) is 8.75. The monoisotopic (exact) mass is 311 g/mol. The summed E-state index contributed by atoms with van der Waals surface area (Å²) in [5.41, 5.74) is 6.42. The van der Waals surface area contributed by atoms with Gasteiger partial charge in [0.25, 0.3) is 0 Å². The Bertz CT molecular complexity index is 380. The van der Waals surface area contributed by atoms with E-state index in [1.165, 1.54) is 20.0 Å². The van der Waals surface area contributed by atoms with Gasteiger partial charge in [-0.15, -0.1) is 0 Å². The van der Waals surface area contributed by atoms with Gasteiger partial charge in [-0.1, -0.05) is 6.92 Å². The summed E-state index contributed by atoms with van der Waals surface area (Å²) in [7, 11) is 1.47. The van der Waals surface area contributed by atoms with Gasteiger partial charge in [0.1, 0.15) is 0 Å². The maximum absolute atomic E-state index is 11.7. The molecule has 1 saturated carbocycles. The summed E-state index contributed by atoms with van der Waals surface area (Å²) < 4.78 is 4.85. The van der Waals surface area contributed by atoms with E-state index in [0.29, 0.717) is 23.5 Å². The summed E-state index contributed by atoms with van der Waals surface area (Å²) in [4.78, 5) is 16.1. The van der Waals surface area contributed by atoms with E-state index in [2.05, 4.69) is 25.7 Å². The zero-order valence-corrected chi connectivity index (χ0v) is 14.7. The van der Waals surface area contributed by atoms with Crippen LogP contribution in [0, 0.1) is 5.41 Å². The van der Waals surface area contributed by atoms with Crippen LogP contribution < -0.4 is 5.73 Å². The van der Waals surface area contributed by atoms with E-state index in [-0.39, 0.29) is 6.09 Å². The van der Waals surface area contributed by atoms with E-state index in [9.17, 15) is 4.79 Å². The van der Waals surface area contributed by atoms with Gasteiger partial charge in [-0.05, 0) is 51.4 Å². The van der Waals surface area contributed by atoms with Crippen molar-refractivity contribution in [1.29, 1.82) is 0 Å². The van der Waals surface area contributed by atoms with E-state index in [0.717, 1.165) is 38.9 Å². The van der Waals surface area contributed by atoms with E-state index in [1.807, 2.05) is 4.90 Å². The average Bonchev–Trinajstić information content (AvgIpc) is 2.90. The number of nitrogens with two attached hydrogens (primary N) is 1. The summed E-state index contributed by atoms with van der Waals surface area (Å²) in [6, 6.07) is 1.53. The van der Waals surface area contributed by atoms with E-state index >= 15 is 0 Å². The van der Waals surface area contributed by atoms with Crippen molar-refractivity contribution >= 4 is 6.09 Å². The molecule has 128 valence electrons.